The number of ether oxygens (including phenoxy) is 1. The highest BCUT2D eigenvalue weighted by Gasteiger charge is 2.43. The molecular formula is C20H23F2N3O4. The average molecular weight is 407 g/mol. The van der Waals surface area contributed by atoms with Gasteiger partial charge in [-0.25, -0.2) is 13.6 Å². The molecule has 4 atom stereocenters. The van der Waals surface area contributed by atoms with Crippen molar-refractivity contribution in [1.29, 1.82) is 0 Å². The number of nitrogens with two attached hydrogens (primary N) is 1. The van der Waals surface area contributed by atoms with E-state index in [0.717, 1.165) is 12.3 Å². The Balaban J connectivity index is 2.03. The zero-order chi connectivity index (χ0) is 21.2. The zero-order valence-corrected chi connectivity index (χ0v) is 16.4. The lowest BCUT2D eigenvalue weighted by molar-refractivity contribution is 0.0694. The molecule has 1 saturated carbocycles. The zero-order valence-electron chi connectivity index (χ0n) is 16.4. The summed E-state index contributed by atoms with van der Waals surface area (Å²) in [6.45, 7) is 4.71. The summed E-state index contributed by atoms with van der Waals surface area (Å²) in [6.07, 6.45) is 0.148. The molecule has 0 bridgehead atoms. The SMILES string of the molecule is COc1c(N2C[C@@H](C)[C@@](C)(N)C2)c(F)cc2c(=O)c(C(=O)O)cn([C@@H]3C[C@@H]3F)c12. The van der Waals surface area contributed by atoms with Crippen LogP contribution in [0.5, 0.6) is 5.75 Å². The quantitative estimate of drug-likeness (QED) is 0.807. The molecule has 2 aliphatic rings. The van der Waals surface area contributed by atoms with Crippen LogP contribution >= 0.6 is 0 Å². The number of hydrogen-bond acceptors (Lipinski definition) is 5. The fourth-order valence-electron chi connectivity index (χ4n) is 4.13. The van der Waals surface area contributed by atoms with Crippen LogP contribution in [-0.4, -0.2) is 47.6 Å². The first-order valence-electron chi connectivity index (χ1n) is 9.43. The number of carboxylic acids is 1. The summed E-state index contributed by atoms with van der Waals surface area (Å²) in [5.41, 5.74) is 4.75. The molecule has 2 fully saturated rings. The van der Waals surface area contributed by atoms with Crippen LogP contribution in [0.25, 0.3) is 10.9 Å². The Morgan fingerprint density at radius 1 is 1.45 bits per heavy atom. The van der Waals surface area contributed by atoms with Gasteiger partial charge < -0.3 is 25.0 Å². The van der Waals surface area contributed by atoms with Gasteiger partial charge in [0.05, 0.1) is 24.1 Å². The van der Waals surface area contributed by atoms with E-state index in [-0.39, 0.29) is 34.7 Å². The van der Waals surface area contributed by atoms with E-state index in [9.17, 15) is 19.1 Å². The predicted molar refractivity (Wildman–Crippen MR) is 104 cm³/mol. The average Bonchev–Trinajstić information content (AvgIpc) is 3.29. The number of carbonyl (C=O) groups is 1. The van der Waals surface area contributed by atoms with Crippen LogP contribution in [0.15, 0.2) is 17.1 Å². The Morgan fingerprint density at radius 2 is 2.10 bits per heavy atom. The minimum absolute atomic E-state index is 0.0811. The Morgan fingerprint density at radius 3 is 2.59 bits per heavy atom. The lowest BCUT2D eigenvalue weighted by Crippen LogP contribution is -2.43. The van der Waals surface area contributed by atoms with Gasteiger partial charge >= 0.3 is 5.97 Å². The molecule has 1 aromatic carbocycles. The van der Waals surface area contributed by atoms with Crippen molar-refractivity contribution in [3.8, 4) is 5.75 Å². The molecule has 2 heterocycles. The number of rotatable bonds is 4. The van der Waals surface area contributed by atoms with Crippen molar-refractivity contribution in [2.24, 2.45) is 11.7 Å². The lowest BCUT2D eigenvalue weighted by atomic mass is 9.92. The predicted octanol–water partition coefficient (Wildman–Crippen LogP) is 2.30. The van der Waals surface area contributed by atoms with Crippen LogP contribution in [0.3, 0.4) is 0 Å². The van der Waals surface area contributed by atoms with E-state index < -0.39 is 40.5 Å². The number of halogens is 2. The third kappa shape index (κ3) is 2.95. The standard InChI is InChI=1S/C20H23F2N3O4/c1-9-6-24(8-20(9,2)23)16-13(22)4-10-15(18(16)29-3)25(14-5-12(14)21)7-11(17(10)26)19(27)28/h4,7,9,12,14H,5-6,8,23H2,1-3H3,(H,27,28)/t9-,12+,14-,20+/m1/s1. The van der Waals surface area contributed by atoms with Crippen molar-refractivity contribution < 1.29 is 23.4 Å². The summed E-state index contributed by atoms with van der Waals surface area (Å²) in [5, 5.41) is 9.22. The van der Waals surface area contributed by atoms with Crippen molar-refractivity contribution in [3.05, 3.63) is 33.9 Å². The molecule has 1 aliphatic heterocycles. The molecule has 0 unspecified atom stereocenters. The third-order valence-electron chi connectivity index (χ3n) is 6.14. The Hall–Kier alpha value is -2.68. The number of hydrogen-bond donors (Lipinski definition) is 2. The Kier molecular flexibility index (Phi) is 4.34. The van der Waals surface area contributed by atoms with Crippen molar-refractivity contribution in [2.45, 2.75) is 38.0 Å². The first-order chi connectivity index (χ1) is 13.6. The van der Waals surface area contributed by atoms with E-state index in [0.29, 0.717) is 13.1 Å². The third-order valence-corrected chi connectivity index (χ3v) is 6.14. The summed E-state index contributed by atoms with van der Waals surface area (Å²) in [6, 6.07) is 0.394. The van der Waals surface area contributed by atoms with Crippen LogP contribution in [0.4, 0.5) is 14.5 Å². The molecule has 9 heteroatoms. The number of anilines is 1. The Bertz CT molecular complexity index is 1080. The van der Waals surface area contributed by atoms with Crippen molar-refractivity contribution in [1.82, 2.24) is 4.57 Å². The molecule has 1 aromatic heterocycles. The molecule has 0 radical (unpaired) electrons. The van der Waals surface area contributed by atoms with Gasteiger partial charge in [0.15, 0.2) is 11.6 Å². The normalized spacial score (nSPS) is 28.8. The van der Waals surface area contributed by atoms with Gasteiger partial charge in [0, 0.05) is 31.2 Å². The maximum Gasteiger partial charge on any atom is 0.341 e. The molecule has 156 valence electrons. The highest BCUT2D eigenvalue weighted by atomic mass is 19.1. The Labute approximate surface area is 165 Å². The molecular weight excluding hydrogens is 384 g/mol. The van der Waals surface area contributed by atoms with Crippen molar-refractivity contribution in [2.75, 3.05) is 25.1 Å². The van der Waals surface area contributed by atoms with Gasteiger partial charge in [0.1, 0.15) is 17.4 Å². The fourth-order valence-corrected chi connectivity index (χ4v) is 4.13. The number of carboxylic acid groups (broad SMARTS) is 1. The second-order valence-corrected chi connectivity index (χ2v) is 8.33. The van der Waals surface area contributed by atoms with Crippen LogP contribution in [0.1, 0.15) is 36.7 Å². The van der Waals surface area contributed by atoms with Gasteiger partial charge in [-0.05, 0) is 18.9 Å². The molecule has 7 nitrogen and oxygen atoms in total. The molecule has 29 heavy (non-hydrogen) atoms. The summed E-state index contributed by atoms with van der Waals surface area (Å²) < 4.78 is 36.0. The van der Waals surface area contributed by atoms with Gasteiger partial charge in [-0.15, -0.1) is 0 Å². The minimum Gasteiger partial charge on any atom is -0.492 e. The van der Waals surface area contributed by atoms with E-state index in [1.54, 1.807) is 4.90 Å². The number of benzene rings is 1. The number of aromatic nitrogens is 1. The smallest absolute Gasteiger partial charge is 0.341 e. The number of fused-ring (bicyclic) bond motifs is 1. The summed E-state index contributed by atoms with van der Waals surface area (Å²) >= 11 is 0. The summed E-state index contributed by atoms with van der Waals surface area (Å²) in [7, 11) is 1.35. The molecule has 1 saturated heterocycles. The maximum atomic E-state index is 15.2. The molecule has 0 amide bonds. The molecule has 4 rings (SSSR count). The number of alkyl halides is 1. The second kappa shape index (κ2) is 6.41. The maximum absolute atomic E-state index is 15.2. The van der Waals surface area contributed by atoms with Crippen LogP contribution in [0, 0.1) is 11.7 Å². The van der Waals surface area contributed by atoms with Gasteiger partial charge in [0.25, 0.3) is 0 Å². The van der Waals surface area contributed by atoms with E-state index in [1.165, 1.54) is 11.7 Å². The van der Waals surface area contributed by atoms with Crippen LogP contribution < -0.4 is 20.8 Å². The van der Waals surface area contributed by atoms with Gasteiger partial charge in [-0.2, -0.15) is 0 Å². The molecule has 0 spiro atoms. The number of methoxy groups -OCH3 is 1. The molecule has 3 N–H and O–H groups in total. The van der Waals surface area contributed by atoms with Gasteiger partial charge in [-0.1, -0.05) is 6.92 Å². The second-order valence-electron chi connectivity index (χ2n) is 8.33. The topological polar surface area (TPSA) is 97.8 Å². The fraction of sp³-hybridized carbons (Fsp3) is 0.500. The van der Waals surface area contributed by atoms with Crippen molar-refractivity contribution >= 4 is 22.6 Å². The highest BCUT2D eigenvalue weighted by molar-refractivity contribution is 5.97. The number of pyridine rings is 1. The lowest BCUT2D eigenvalue weighted by Gasteiger charge is -2.26. The van der Waals surface area contributed by atoms with Crippen molar-refractivity contribution in [3.63, 3.8) is 0 Å². The van der Waals surface area contributed by atoms with E-state index in [2.05, 4.69) is 0 Å². The van der Waals surface area contributed by atoms with E-state index in [1.807, 2.05) is 13.8 Å². The van der Waals surface area contributed by atoms with Gasteiger partial charge in [0.2, 0.25) is 5.43 Å². The molecule has 2 aromatic rings. The monoisotopic (exact) mass is 407 g/mol. The molecule has 1 aliphatic carbocycles. The summed E-state index contributed by atoms with van der Waals surface area (Å²) in [5.74, 6) is -1.99. The highest BCUT2D eigenvalue weighted by Crippen LogP contribution is 2.46. The van der Waals surface area contributed by atoms with Gasteiger partial charge in [-0.3, -0.25) is 4.79 Å². The largest absolute Gasteiger partial charge is 0.492 e. The van der Waals surface area contributed by atoms with E-state index in [4.69, 9.17) is 10.5 Å². The van der Waals surface area contributed by atoms with Crippen LogP contribution in [-0.2, 0) is 0 Å². The first-order valence-corrected chi connectivity index (χ1v) is 9.43. The minimum atomic E-state index is -1.45. The van der Waals surface area contributed by atoms with Crippen LogP contribution in [0.2, 0.25) is 0 Å². The first kappa shape index (κ1) is 19.6. The number of aromatic carboxylic acids is 1. The summed E-state index contributed by atoms with van der Waals surface area (Å²) in [4.78, 5) is 26.0. The van der Waals surface area contributed by atoms with E-state index >= 15 is 4.39 Å². The number of nitrogens with zero attached hydrogens (tertiary/aromatic N) is 2.